The van der Waals surface area contributed by atoms with Crippen molar-refractivity contribution in [3.63, 3.8) is 0 Å². The maximum absolute atomic E-state index is 4.59. The van der Waals surface area contributed by atoms with E-state index in [4.69, 9.17) is 0 Å². The molecular formula is C17H26N2. The molecule has 0 amide bonds. The number of likely N-dealkylation sites (tertiary alicyclic amines) is 1. The smallest absolute Gasteiger partial charge is 0.0856 e. The molecular weight excluding hydrogens is 232 g/mol. The van der Waals surface area contributed by atoms with E-state index < -0.39 is 0 Å². The predicted octanol–water partition coefficient (Wildman–Crippen LogP) is 3.77. The Morgan fingerprint density at radius 3 is 2.37 bits per heavy atom. The average molecular weight is 258 g/mol. The number of rotatable bonds is 3. The molecule has 0 N–H and O–H groups in total. The van der Waals surface area contributed by atoms with E-state index in [-0.39, 0.29) is 5.54 Å². The fourth-order valence-corrected chi connectivity index (χ4v) is 2.47. The summed E-state index contributed by atoms with van der Waals surface area (Å²) in [7, 11) is 0. The first-order chi connectivity index (χ1) is 9.03. The second-order valence-corrected chi connectivity index (χ2v) is 6.58. The lowest BCUT2D eigenvalue weighted by Crippen LogP contribution is -2.34. The van der Waals surface area contributed by atoms with E-state index in [1.165, 1.54) is 24.8 Å². The third-order valence-electron chi connectivity index (χ3n) is 3.62. The van der Waals surface area contributed by atoms with Crippen LogP contribution in [0, 0.1) is 5.92 Å². The van der Waals surface area contributed by atoms with Gasteiger partial charge in [0.1, 0.15) is 0 Å². The van der Waals surface area contributed by atoms with Gasteiger partial charge < -0.3 is 4.90 Å². The van der Waals surface area contributed by atoms with Gasteiger partial charge in [0.2, 0.25) is 0 Å². The molecule has 2 heteroatoms. The lowest BCUT2D eigenvalue weighted by molar-refractivity contribution is 0.269. The van der Waals surface area contributed by atoms with Gasteiger partial charge in [-0.1, -0.05) is 30.3 Å². The fraction of sp³-hybridized carbons (Fsp3) is 0.588. The van der Waals surface area contributed by atoms with Gasteiger partial charge in [-0.25, -0.2) is 0 Å². The number of aliphatic imine (C=N–C) groups is 1. The Morgan fingerprint density at radius 1 is 1.16 bits per heavy atom. The first kappa shape index (κ1) is 14.1. The van der Waals surface area contributed by atoms with Crippen molar-refractivity contribution in [2.24, 2.45) is 10.9 Å². The molecule has 2 nitrogen and oxygen atoms in total. The Balaban J connectivity index is 1.78. The van der Waals surface area contributed by atoms with Gasteiger partial charge >= 0.3 is 0 Å². The molecule has 1 heterocycles. The first-order valence-electron chi connectivity index (χ1n) is 7.36. The highest BCUT2D eigenvalue weighted by Gasteiger charge is 2.18. The Labute approximate surface area is 117 Å². The molecule has 0 atom stereocenters. The number of nitrogens with zero attached hydrogens (tertiary/aromatic N) is 2. The van der Waals surface area contributed by atoms with Crippen molar-refractivity contribution in [1.29, 1.82) is 0 Å². The summed E-state index contributed by atoms with van der Waals surface area (Å²) in [4.78, 5) is 6.96. The van der Waals surface area contributed by atoms with Crippen LogP contribution in [0.15, 0.2) is 35.3 Å². The van der Waals surface area contributed by atoms with Crippen molar-refractivity contribution < 1.29 is 0 Å². The summed E-state index contributed by atoms with van der Waals surface area (Å²) in [6.45, 7) is 8.73. The number of piperidine rings is 1. The van der Waals surface area contributed by atoms with Gasteiger partial charge in [-0.15, -0.1) is 0 Å². The Kier molecular flexibility index (Phi) is 4.62. The van der Waals surface area contributed by atoms with Crippen molar-refractivity contribution in [2.75, 3.05) is 13.1 Å². The molecule has 0 spiro atoms. The van der Waals surface area contributed by atoms with E-state index in [1.807, 2.05) is 0 Å². The number of hydrogen-bond acceptors (Lipinski definition) is 1. The van der Waals surface area contributed by atoms with Gasteiger partial charge in [-0.05, 0) is 51.5 Å². The van der Waals surface area contributed by atoms with Crippen molar-refractivity contribution in [1.82, 2.24) is 4.90 Å². The van der Waals surface area contributed by atoms with Gasteiger partial charge in [-0.3, -0.25) is 4.99 Å². The Hall–Kier alpha value is -1.31. The molecule has 1 fully saturated rings. The average Bonchev–Trinajstić information content (AvgIpc) is 2.38. The summed E-state index contributed by atoms with van der Waals surface area (Å²) in [5.41, 5.74) is 1.52. The quantitative estimate of drug-likeness (QED) is 0.595. The van der Waals surface area contributed by atoms with Crippen molar-refractivity contribution >= 4 is 6.34 Å². The van der Waals surface area contributed by atoms with E-state index >= 15 is 0 Å². The largest absolute Gasteiger partial charge is 0.363 e. The molecule has 0 saturated carbocycles. The summed E-state index contributed by atoms with van der Waals surface area (Å²) in [5.74, 6) is 0.835. The normalized spacial score (nSPS) is 18.2. The van der Waals surface area contributed by atoms with Crippen LogP contribution < -0.4 is 0 Å². The molecule has 0 radical (unpaired) electrons. The second kappa shape index (κ2) is 6.23. The molecule has 1 aliphatic heterocycles. The number of hydrogen-bond donors (Lipinski definition) is 0. The molecule has 0 aliphatic carbocycles. The topological polar surface area (TPSA) is 15.6 Å². The van der Waals surface area contributed by atoms with E-state index in [2.05, 4.69) is 67.3 Å². The summed E-state index contributed by atoms with van der Waals surface area (Å²) in [6.07, 6.45) is 5.85. The molecule has 19 heavy (non-hydrogen) atoms. The zero-order valence-corrected chi connectivity index (χ0v) is 12.5. The third kappa shape index (κ3) is 5.06. The van der Waals surface area contributed by atoms with Crippen LogP contribution in [-0.2, 0) is 6.42 Å². The lowest BCUT2D eigenvalue weighted by Gasteiger charge is -2.31. The molecule has 1 saturated heterocycles. The number of benzene rings is 1. The highest BCUT2D eigenvalue weighted by atomic mass is 15.2. The van der Waals surface area contributed by atoms with Crippen molar-refractivity contribution in [3.05, 3.63) is 35.9 Å². The Bertz CT molecular complexity index is 395. The van der Waals surface area contributed by atoms with E-state index in [0.29, 0.717) is 0 Å². The van der Waals surface area contributed by atoms with E-state index in [1.54, 1.807) is 0 Å². The van der Waals surface area contributed by atoms with Crippen LogP contribution in [0.3, 0.4) is 0 Å². The van der Waals surface area contributed by atoms with Crippen LogP contribution in [0.5, 0.6) is 0 Å². The maximum Gasteiger partial charge on any atom is 0.0856 e. The summed E-state index contributed by atoms with van der Waals surface area (Å²) in [6, 6.07) is 10.9. The van der Waals surface area contributed by atoms with Crippen molar-refractivity contribution in [2.45, 2.75) is 45.6 Å². The van der Waals surface area contributed by atoms with Crippen LogP contribution >= 0.6 is 0 Å². The zero-order valence-electron chi connectivity index (χ0n) is 12.5. The zero-order chi connectivity index (χ0) is 13.7. The summed E-state index contributed by atoms with van der Waals surface area (Å²) < 4.78 is 0. The highest BCUT2D eigenvalue weighted by Crippen LogP contribution is 2.21. The van der Waals surface area contributed by atoms with Crippen LogP contribution in [0.25, 0.3) is 0 Å². The van der Waals surface area contributed by atoms with Gasteiger partial charge in [0.15, 0.2) is 0 Å². The standard InChI is InChI=1S/C17H26N2/c1-17(2,3)18-14-19-11-9-16(10-12-19)13-15-7-5-4-6-8-15/h4-8,14,16H,9-13H2,1-3H3. The minimum atomic E-state index is 0.0425. The first-order valence-corrected chi connectivity index (χ1v) is 7.36. The van der Waals surface area contributed by atoms with Crippen molar-refractivity contribution in [3.8, 4) is 0 Å². The van der Waals surface area contributed by atoms with Crippen LogP contribution in [0.4, 0.5) is 0 Å². The predicted molar refractivity (Wildman–Crippen MR) is 82.7 cm³/mol. The molecule has 0 aromatic heterocycles. The molecule has 1 aromatic rings. The van der Waals surface area contributed by atoms with Crippen LogP contribution in [0.1, 0.15) is 39.2 Å². The van der Waals surface area contributed by atoms with Crippen LogP contribution in [0.2, 0.25) is 0 Å². The Morgan fingerprint density at radius 2 is 1.79 bits per heavy atom. The van der Waals surface area contributed by atoms with Gasteiger partial charge in [0.05, 0.1) is 11.9 Å². The van der Waals surface area contributed by atoms with Gasteiger partial charge in [0.25, 0.3) is 0 Å². The monoisotopic (exact) mass is 258 g/mol. The maximum atomic E-state index is 4.59. The second-order valence-electron chi connectivity index (χ2n) is 6.58. The summed E-state index contributed by atoms with van der Waals surface area (Å²) in [5, 5.41) is 0. The van der Waals surface area contributed by atoms with Gasteiger partial charge in [-0.2, -0.15) is 0 Å². The molecule has 104 valence electrons. The lowest BCUT2D eigenvalue weighted by atomic mass is 9.90. The molecule has 1 aromatic carbocycles. The minimum Gasteiger partial charge on any atom is -0.363 e. The minimum absolute atomic E-state index is 0.0425. The van der Waals surface area contributed by atoms with E-state index in [0.717, 1.165) is 19.0 Å². The highest BCUT2D eigenvalue weighted by molar-refractivity contribution is 5.55. The summed E-state index contributed by atoms with van der Waals surface area (Å²) >= 11 is 0. The molecule has 2 rings (SSSR count). The third-order valence-corrected chi connectivity index (χ3v) is 3.62. The fourth-order valence-electron chi connectivity index (χ4n) is 2.47. The molecule has 0 bridgehead atoms. The van der Waals surface area contributed by atoms with E-state index in [9.17, 15) is 0 Å². The van der Waals surface area contributed by atoms with Crippen LogP contribution in [-0.4, -0.2) is 29.9 Å². The molecule has 0 unspecified atom stereocenters. The SMILES string of the molecule is CC(C)(C)N=CN1CCC(Cc2ccccc2)CC1. The molecule has 1 aliphatic rings. The van der Waals surface area contributed by atoms with Gasteiger partial charge in [0, 0.05) is 13.1 Å².